The van der Waals surface area contributed by atoms with Crippen molar-refractivity contribution in [3.63, 3.8) is 0 Å². The molecule has 0 radical (unpaired) electrons. The lowest BCUT2D eigenvalue weighted by Crippen LogP contribution is -2.30. The van der Waals surface area contributed by atoms with Crippen molar-refractivity contribution in [1.82, 2.24) is 5.32 Å². The Morgan fingerprint density at radius 2 is 1.83 bits per heavy atom. The number of aryl methyl sites for hydroxylation is 1. The van der Waals surface area contributed by atoms with Crippen molar-refractivity contribution < 1.29 is 14.2 Å². The van der Waals surface area contributed by atoms with E-state index < -0.39 is 0 Å². The van der Waals surface area contributed by atoms with Crippen molar-refractivity contribution in [3.05, 3.63) is 52.6 Å². The van der Waals surface area contributed by atoms with Gasteiger partial charge in [-0.15, -0.1) is 0 Å². The Kier molecular flexibility index (Phi) is 4.95. The van der Waals surface area contributed by atoms with Gasteiger partial charge in [-0.05, 0) is 60.7 Å². The maximum absolute atomic E-state index is 5.77. The molecule has 1 N–H and O–H groups in total. The van der Waals surface area contributed by atoms with Gasteiger partial charge in [-0.2, -0.15) is 0 Å². The second kappa shape index (κ2) is 7.14. The zero-order valence-electron chi connectivity index (χ0n) is 14.8. The molecule has 0 aromatic heterocycles. The number of fused-ring (bicyclic) bond motifs is 1. The van der Waals surface area contributed by atoms with Gasteiger partial charge >= 0.3 is 0 Å². The predicted octanol–water partition coefficient (Wildman–Crippen LogP) is 3.65. The Morgan fingerprint density at radius 3 is 2.50 bits per heavy atom. The molecule has 24 heavy (non-hydrogen) atoms. The fraction of sp³-hybridized carbons (Fsp3) is 0.400. The third-order valence-electron chi connectivity index (χ3n) is 4.53. The van der Waals surface area contributed by atoms with Gasteiger partial charge in [-0.25, -0.2) is 0 Å². The quantitative estimate of drug-likeness (QED) is 0.910. The van der Waals surface area contributed by atoms with Crippen LogP contribution in [0.5, 0.6) is 17.2 Å². The van der Waals surface area contributed by atoms with E-state index in [-0.39, 0.29) is 6.04 Å². The van der Waals surface area contributed by atoms with Gasteiger partial charge in [0.25, 0.3) is 0 Å². The summed E-state index contributed by atoms with van der Waals surface area (Å²) in [7, 11) is 3.40. The van der Waals surface area contributed by atoms with Crippen molar-refractivity contribution in [3.8, 4) is 17.2 Å². The molecule has 4 nitrogen and oxygen atoms in total. The minimum absolute atomic E-state index is 0.156. The molecule has 1 heterocycles. The molecular formula is C20H25NO3. The average Bonchev–Trinajstić information content (AvgIpc) is 2.61. The smallest absolute Gasteiger partial charge is 0.161 e. The summed E-state index contributed by atoms with van der Waals surface area (Å²) in [6.07, 6.45) is 0.990. The van der Waals surface area contributed by atoms with Gasteiger partial charge in [0.15, 0.2) is 11.5 Å². The lowest BCUT2D eigenvalue weighted by molar-refractivity contribution is 0.309. The van der Waals surface area contributed by atoms with Crippen LogP contribution in [-0.2, 0) is 6.42 Å². The molecule has 1 unspecified atom stereocenters. The van der Waals surface area contributed by atoms with Gasteiger partial charge in [-0.3, -0.25) is 0 Å². The first-order chi connectivity index (χ1) is 11.7. The lowest BCUT2D eigenvalue weighted by atomic mass is 9.88. The Balaban J connectivity index is 2.04. The first-order valence-corrected chi connectivity index (χ1v) is 8.39. The number of methoxy groups -OCH3 is 2. The normalized spacial score (nSPS) is 16.4. The highest BCUT2D eigenvalue weighted by Crippen LogP contribution is 2.38. The monoisotopic (exact) mass is 327 g/mol. The fourth-order valence-corrected chi connectivity index (χ4v) is 3.37. The van der Waals surface area contributed by atoms with Gasteiger partial charge in [0, 0.05) is 6.54 Å². The van der Waals surface area contributed by atoms with Crippen LogP contribution >= 0.6 is 0 Å². The minimum atomic E-state index is 0.156. The van der Waals surface area contributed by atoms with Gasteiger partial charge in [0.05, 0.1) is 26.9 Å². The highest BCUT2D eigenvalue weighted by molar-refractivity contribution is 5.52. The van der Waals surface area contributed by atoms with E-state index >= 15 is 0 Å². The summed E-state index contributed by atoms with van der Waals surface area (Å²) in [5, 5.41) is 3.63. The maximum Gasteiger partial charge on any atom is 0.161 e. The Hall–Kier alpha value is -2.20. The van der Waals surface area contributed by atoms with Crippen LogP contribution in [0.15, 0.2) is 30.3 Å². The number of nitrogens with one attached hydrogen (secondary N) is 1. The predicted molar refractivity (Wildman–Crippen MR) is 95.4 cm³/mol. The third-order valence-corrected chi connectivity index (χ3v) is 4.53. The summed E-state index contributed by atoms with van der Waals surface area (Å²) in [6, 6.07) is 10.7. The number of hydrogen-bond donors (Lipinski definition) is 1. The van der Waals surface area contributed by atoms with Crippen LogP contribution in [0.4, 0.5) is 0 Å². The fourth-order valence-electron chi connectivity index (χ4n) is 3.37. The summed E-state index contributed by atoms with van der Waals surface area (Å²) in [5.74, 6) is 2.53. The molecular weight excluding hydrogens is 302 g/mol. The Bertz CT molecular complexity index is 727. The first kappa shape index (κ1) is 16.7. The molecule has 0 aliphatic carbocycles. The molecule has 0 saturated carbocycles. The highest BCUT2D eigenvalue weighted by atomic mass is 16.5. The third kappa shape index (κ3) is 3.06. The maximum atomic E-state index is 5.77. The average molecular weight is 327 g/mol. The molecule has 2 aromatic rings. The topological polar surface area (TPSA) is 39.7 Å². The molecule has 2 aromatic carbocycles. The molecule has 0 bridgehead atoms. The van der Waals surface area contributed by atoms with Gasteiger partial charge in [0.1, 0.15) is 5.75 Å². The standard InChI is InChI=1S/C20H25NO3/c1-5-24-19-12-16-14(11-18(19)23-4)8-9-21-20(16)15-6-7-17(22-3)13(2)10-15/h6-7,10-12,20-21H,5,8-9H2,1-4H3. The summed E-state index contributed by atoms with van der Waals surface area (Å²) < 4.78 is 16.6. The molecule has 0 amide bonds. The second-order valence-electron chi connectivity index (χ2n) is 6.00. The van der Waals surface area contributed by atoms with Crippen molar-refractivity contribution in [2.45, 2.75) is 26.3 Å². The van der Waals surface area contributed by atoms with E-state index in [9.17, 15) is 0 Å². The first-order valence-electron chi connectivity index (χ1n) is 8.39. The van der Waals surface area contributed by atoms with E-state index in [2.05, 4.69) is 36.5 Å². The molecule has 128 valence electrons. The van der Waals surface area contributed by atoms with Crippen LogP contribution < -0.4 is 19.5 Å². The molecule has 0 saturated heterocycles. The largest absolute Gasteiger partial charge is 0.496 e. The molecule has 1 aliphatic heterocycles. The number of ether oxygens (including phenoxy) is 3. The van der Waals surface area contributed by atoms with E-state index in [1.54, 1.807) is 14.2 Å². The van der Waals surface area contributed by atoms with E-state index in [1.165, 1.54) is 16.7 Å². The molecule has 4 heteroatoms. The van der Waals surface area contributed by atoms with E-state index in [0.717, 1.165) is 35.8 Å². The van der Waals surface area contributed by atoms with E-state index in [4.69, 9.17) is 14.2 Å². The SMILES string of the molecule is CCOc1cc2c(cc1OC)CCNC2c1ccc(OC)c(C)c1. The Labute approximate surface area is 143 Å². The van der Waals surface area contributed by atoms with Crippen LogP contribution in [0, 0.1) is 6.92 Å². The van der Waals surface area contributed by atoms with Gasteiger partial charge < -0.3 is 19.5 Å². The van der Waals surface area contributed by atoms with E-state index in [1.807, 2.05) is 13.0 Å². The van der Waals surface area contributed by atoms with Crippen LogP contribution in [0.25, 0.3) is 0 Å². The number of benzene rings is 2. The molecule has 3 rings (SSSR count). The minimum Gasteiger partial charge on any atom is -0.496 e. The van der Waals surface area contributed by atoms with Gasteiger partial charge in [0.2, 0.25) is 0 Å². The van der Waals surface area contributed by atoms with Crippen molar-refractivity contribution in [1.29, 1.82) is 0 Å². The second-order valence-corrected chi connectivity index (χ2v) is 6.00. The van der Waals surface area contributed by atoms with E-state index in [0.29, 0.717) is 6.61 Å². The molecule has 0 spiro atoms. The molecule has 1 atom stereocenters. The summed E-state index contributed by atoms with van der Waals surface area (Å²) in [5.41, 5.74) is 4.95. The van der Waals surface area contributed by atoms with Crippen LogP contribution in [0.3, 0.4) is 0 Å². The van der Waals surface area contributed by atoms with Crippen LogP contribution in [0.2, 0.25) is 0 Å². The summed E-state index contributed by atoms with van der Waals surface area (Å²) >= 11 is 0. The van der Waals surface area contributed by atoms with Crippen molar-refractivity contribution in [2.75, 3.05) is 27.4 Å². The summed E-state index contributed by atoms with van der Waals surface area (Å²) in [6.45, 7) is 5.63. The van der Waals surface area contributed by atoms with Crippen LogP contribution in [0.1, 0.15) is 35.2 Å². The Morgan fingerprint density at radius 1 is 1.04 bits per heavy atom. The van der Waals surface area contributed by atoms with Gasteiger partial charge in [-0.1, -0.05) is 12.1 Å². The zero-order chi connectivity index (χ0) is 17.1. The number of rotatable bonds is 5. The lowest BCUT2D eigenvalue weighted by Gasteiger charge is -2.29. The molecule has 0 fully saturated rings. The highest BCUT2D eigenvalue weighted by Gasteiger charge is 2.24. The van der Waals surface area contributed by atoms with Crippen LogP contribution in [-0.4, -0.2) is 27.4 Å². The number of hydrogen-bond acceptors (Lipinski definition) is 4. The summed E-state index contributed by atoms with van der Waals surface area (Å²) in [4.78, 5) is 0. The van der Waals surface area contributed by atoms with Crippen molar-refractivity contribution in [2.24, 2.45) is 0 Å². The molecule has 1 aliphatic rings. The van der Waals surface area contributed by atoms with Crippen molar-refractivity contribution >= 4 is 0 Å². The zero-order valence-corrected chi connectivity index (χ0v) is 14.8.